The second kappa shape index (κ2) is 3.88. The standard InChI is InChI=1S/C19H27N/c1-18(2,3)15-10-13-6-5-7-14-12-20(4)19(8-9-19)16(11-15)17(13)14/h10-11,14H,5-9,12H2,1-4H3. The summed E-state index contributed by atoms with van der Waals surface area (Å²) < 4.78 is 0. The number of likely N-dealkylation sites (N-methyl/N-ethyl adjacent to an activating group) is 1. The summed E-state index contributed by atoms with van der Waals surface area (Å²) in [6, 6.07) is 5.10. The van der Waals surface area contributed by atoms with E-state index in [1.54, 1.807) is 22.3 Å². The predicted molar refractivity (Wildman–Crippen MR) is 84.4 cm³/mol. The number of rotatable bonds is 0. The molecule has 0 N–H and O–H groups in total. The van der Waals surface area contributed by atoms with Crippen molar-refractivity contribution in [3.8, 4) is 0 Å². The van der Waals surface area contributed by atoms with E-state index in [0.29, 0.717) is 5.54 Å². The minimum atomic E-state index is 0.268. The van der Waals surface area contributed by atoms with Gasteiger partial charge >= 0.3 is 0 Å². The monoisotopic (exact) mass is 269 g/mol. The fourth-order valence-electron chi connectivity index (χ4n) is 4.57. The van der Waals surface area contributed by atoms with Gasteiger partial charge in [-0.2, -0.15) is 0 Å². The fraction of sp³-hybridized carbons (Fsp3) is 0.684. The van der Waals surface area contributed by atoms with Gasteiger partial charge in [-0.1, -0.05) is 32.9 Å². The van der Waals surface area contributed by atoms with Crippen LogP contribution in [0.1, 0.15) is 74.6 Å². The molecule has 3 aliphatic rings. The Balaban J connectivity index is 1.96. The lowest BCUT2D eigenvalue weighted by molar-refractivity contribution is 0.179. The molecular weight excluding hydrogens is 242 g/mol. The molecule has 1 aliphatic heterocycles. The van der Waals surface area contributed by atoms with Crippen LogP contribution in [0.15, 0.2) is 12.1 Å². The van der Waals surface area contributed by atoms with Gasteiger partial charge in [-0.25, -0.2) is 0 Å². The summed E-state index contributed by atoms with van der Waals surface area (Å²) in [6.07, 6.45) is 6.83. The van der Waals surface area contributed by atoms with Crippen molar-refractivity contribution in [3.05, 3.63) is 34.4 Å². The van der Waals surface area contributed by atoms with E-state index in [4.69, 9.17) is 0 Å². The maximum absolute atomic E-state index is 2.67. The maximum atomic E-state index is 2.67. The molecule has 20 heavy (non-hydrogen) atoms. The highest BCUT2D eigenvalue weighted by Gasteiger charge is 2.53. The summed E-state index contributed by atoms with van der Waals surface area (Å²) in [4.78, 5) is 2.67. The maximum Gasteiger partial charge on any atom is 0.0462 e. The first kappa shape index (κ1) is 12.9. The molecule has 1 aromatic rings. The molecule has 2 aliphatic carbocycles. The molecule has 0 aromatic heterocycles. The summed E-state index contributed by atoms with van der Waals surface area (Å²) in [5, 5.41) is 0. The molecule has 1 nitrogen and oxygen atoms in total. The molecule has 1 spiro atoms. The van der Waals surface area contributed by atoms with Gasteiger partial charge in [-0.15, -0.1) is 0 Å². The van der Waals surface area contributed by atoms with E-state index in [0.717, 1.165) is 5.92 Å². The van der Waals surface area contributed by atoms with E-state index in [2.05, 4.69) is 44.9 Å². The average molecular weight is 269 g/mol. The first-order valence-electron chi connectivity index (χ1n) is 8.31. The second-order valence-electron chi connectivity index (χ2n) is 8.35. The highest BCUT2D eigenvalue weighted by atomic mass is 15.2. The SMILES string of the molecule is CN1CC2CCCc3cc(C(C)(C)C)cc(c32)C12CC2. The first-order chi connectivity index (χ1) is 9.42. The molecule has 0 bridgehead atoms. The highest BCUT2D eigenvalue weighted by molar-refractivity contribution is 5.51. The second-order valence-corrected chi connectivity index (χ2v) is 8.35. The van der Waals surface area contributed by atoms with Gasteiger partial charge in [-0.3, -0.25) is 4.90 Å². The molecule has 0 saturated heterocycles. The van der Waals surface area contributed by atoms with Gasteiger partial charge in [0.25, 0.3) is 0 Å². The lowest BCUT2D eigenvalue weighted by Crippen LogP contribution is -2.42. The van der Waals surface area contributed by atoms with Gasteiger partial charge in [0.1, 0.15) is 0 Å². The topological polar surface area (TPSA) is 3.24 Å². The quantitative estimate of drug-likeness (QED) is 0.677. The minimum Gasteiger partial charge on any atom is -0.296 e. The highest BCUT2D eigenvalue weighted by Crippen LogP contribution is 2.58. The number of benzene rings is 1. The molecule has 1 atom stereocenters. The number of nitrogens with zero attached hydrogens (tertiary/aromatic N) is 1. The third kappa shape index (κ3) is 1.65. The Hall–Kier alpha value is -0.820. The van der Waals surface area contributed by atoms with Crippen molar-refractivity contribution < 1.29 is 0 Å². The molecule has 1 heterocycles. The lowest BCUT2D eigenvalue weighted by atomic mass is 9.71. The fourth-order valence-corrected chi connectivity index (χ4v) is 4.57. The van der Waals surface area contributed by atoms with Crippen LogP contribution in [-0.2, 0) is 17.4 Å². The van der Waals surface area contributed by atoms with E-state index in [-0.39, 0.29) is 5.41 Å². The predicted octanol–water partition coefficient (Wildman–Crippen LogP) is 4.34. The zero-order valence-corrected chi connectivity index (χ0v) is 13.4. The van der Waals surface area contributed by atoms with Crippen LogP contribution in [-0.4, -0.2) is 18.5 Å². The smallest absolute Gasteiger partial charge is 0.0462 e. The Kier molecular flexibility index (Phi) is 2.50. The summed E-state index contributed by atoms with van der Waals surface area (Å²) in [5.74, 6) is 0.805. The van der Waals surface area contributed by atoms with Crippen molar-refractivity contribution >= 4 is 0 Å². The molecule has 1 fully saturated rings. The van der Waals surface area contributed by atoms with Crippen molar-refractivity contribution in [2.75, 3.05) is 13.6 Å². The molecular formula is C19H27N. The molecule has 108 valence electrons. The normalized spacial score (nSPS) is 27.5. The molecule has 0 amide bonds. The zero-order chi connectivity index (χ0) is 14.1. The molecule has 1 aromatic carbocycles. The Morgan fingerprint density at radius 3 is 2.60 bits per heavy atom. The van der Waals surface area contributed by atoms with E-state index >= 15 is 0 Å². The summed E-state index contributed by atoms with van der Waals surface area (Å²) in [5.41, 5.74) is 7.39. The molecule has 1 saturated carbocycles. The van der Waals surface area contributed by atoms with E-state index in [9.17, 15) is 0 Å². The van der Waals surface area contributed by atoms with Crippen molar-refractivity contribution in [2.24, 2.45) is 0 Å². The largest absolute Gasteiger partial charge is 0.296 e. The summed E-state index contributed by atoms with van der Waals surface area (Å²) >= 11 is 0. The van der Waals surface area contributed by atoms with Crippen LogP contribution in [0.5, 0.6) is 0 Å². The van der Waals surface area contributed by atoms with Crippen LogP contribution in [0.3, 0.4) is 0 Å². The van der Waals surface area contributed by atoms with Crippen LogP contribution in [0.4, 0.5) is 0 Å². The van der Waals surface area contributed by atoms with E-state index < -0.39 is 0 Å². The number of hydrogen-bond donors (Lipinski definition) is 0. The Labute approximate surface area is 123 Å². The zero-order valence-electron chi connectivity index (χ0n) is 13.4. The Morgan fingerprint density at radius 2 is 1.95 bits per heavy atom. The lowest BCUT2D eigenvalue weighted by Gasteiger charge is -2.44. The first-order valence-corrected chi connectivity index (χ1v) is 8.31. The molecule has 1 heteroatoms. The van der Waals surface area contributed by atoms with Crippen molar-refractivity contribution in [2.45, 2.75) is 69.7 Å². The van der Waals surface area contributed by atoms with Crippen LogP contribution in [0.2, 0.25) is 0 Å². The van der Waals surface area contributed by atoms with Gasteiger partial charge in [0.15, 0.2) is 0 Å². The Morgan fingerprint density at radius 1 is 1.20 bits per heavy atom. The van der Waals surface area contributed by atoms with Crippen LogP contribution >= 0.6 is 0 Å². The van der Waals surface area contributed by atoms with Gasteiger partial charge in [0.05, 0.1) is 0 Å². The molecule has 1 unspecified atom stereocenters. The Bertz CT molecular complexity index is 560. The summed E-state index contributed by atoms with van der Waals surface area (Å²) in [7, 11) is 2.36. The van der Waals surface area contributed by atoms with Crippen LogP contribution in [0, 0.1) is 0 Å². The van der Waals surface area contributed by atoms with E-state index in [1.165, 1.54) is 38.6 Å². The summed E-state index contributed by atoms with van der Waals surface area (Å²) in [6.45, 7) is 8.35. The van der Waals surface area contributed by atoms with Crippen molar-refractivity contribution in [3.63, 3.8) is 0 Å². The van der Waals surface area contributed by atoms with Crippen molar-refractivity contribution in [1.29, 1.82) is 0 Å². The average Bonchev–Trinajstić information content (AvgIpc) is 3.16. The van der Waals surface area contributed by atoms with Gasteiger partial charge in [-0.05, 0) is 72.7 Å². The molecule has 0 radical (unpaired) electrons. The van der Waals surface area contributed by atoms with Crippen LogP contribution in [0.25, 0.3) is 0 Å². The number of aryl methyl sites for hydroxylation is 1. The van der Waals surface area contributed by atoms with Crippen LogP contribution < -0.4 is 0 Å². The third-order valence-corrected chi connectivity index (χ3v) is 5.99. The minimum absolute atomic E-state index is 0.268. The van der Waals surface area contributed by atoms with E-state index in [1.807, 2.05) is 0 Å². The molecule has 4 rings (SSSR count). The van der Waals surface area contributed by atoms with Gasteiger partial charge < -0.3 is 0 Å². The van der Waals surface area contributed by atoms with Gasteiger partial charge in [0, 0.05) is 12.1 Å². The van der Waals surface area contributed by atoms with Crippen molar-refractivity contribution in [1.82, 2.24) is 4.90 Å². The number of fused-ring (bicyclic) bond motifs is 1. The number of hydrogen-bond acceptors (Lipinski definition) is 1. The van der Waals surface area contributed by atoms with Gasteiger partial charge in [0.2, 0.25) is 0 Å². The third-order valence-electron chi connectivity index (χ3n) is 5.99.